The molecule has 2 rings (SSSR count). The van der Waals surface area contributed by atoms with Gasteiger partial charge in [0, 0.05) is 42.7 Å². The van der Waals surface area contributed by atoms with Crippen molar-refractivity contribution in [2.24, 2.45) is 0 Å². The summed E-state index contributed by atoms with van der Waals surface area (Å²) in [6.07, 6.45) is 4.27. The molecule has 0 amide bonds. The Labute approximate surface area is 115 Å². The van der Waals surface area contributed by atoms with Gasteiger partial charge in [-0.3, -0.25) is 0 Å². The molecule has 1 heterocycles. The molecule has 0 radical (unpaired) electrons. The van der Waals surface area contributed by atoms with Gasteiger partial charge in [0.1, 0.15) is 17.4 Å². The lowest BCUT2D eigenvalue weighted by Crippen LogP contribution is -2.14. The highest BCUT2D eigenvalue weighted by Gasteiger charge is 2.05. The van der Waals surface area contributed by atoms with Crippen molar-refractivity contribution in [3.8, 4) is 11.8 Å². The van der Waals surface area contributed by atoms with Crippen molar-refractivity contribution in [3.05, 3.63) is 47.8 Å². The normalized spacial score (nSPS) is 10.6. The Bertz CT molecular complexity index is 541. The molecular weight excluding hydrogens is 264 g/mol. The summed E-state index contributed by atoms with van der Waals surface area (Å²) in [5.41, 5.74) is 0.913. The molecule has 6 heteroatoms. The predicted molar refractivity (Wildman–Crippen MR) is 70.5 cm³/mol. The van der Waals surface area contributed by atoms with Gasteiger partial charge in [-0.1, -0.05) is 6.92 Å². The zero-order valence-electron chi connectivity index (χ0n) is 11.1. The second-order valence-corrected chi connectivity index (χ2v) is 4.26. The number of nitrogens with zero attached hydrogens (tertiary/aromatic N) is 2. The van der Waals surface area contributed by atoms with Crippen molar-refractivity contribution >= 4 is 0 Å². The smallest absolute Gasteiger partial charge is 0.321 e. The molecule has 1 aromatic carbocycles. The first-order chi connectivity index (χ1) is 9.67. The van der Waals surface area contributed by atoms with Gasteiger partial charge in [0.2, 0.25) is 0 Å². The zero-order chi connectivity index (χ0) is 14.4. The minimum absolute atomic E-state index is 0.0272. The van der Waals surface area contributed by atoms with E-state index >= 15 is 0 Å². The van der Waals surface area contributed by atoms with Gasteiger partial charge in [-0.2, -0.15) is 0 Å². The summed E-state index contributed by atoms with van der Waals surface area (Å²) in [5, 5.41) is 3.22. The molecule has 1 N–H and O–H groups in total. The molecule has 0 spiro atoms. The average molecular weight is 279 g/mol. The molecule has 0 fully saturated rings. The van der Waals surface area contributed by atoms with Gasteiger partial charge in [0.15, 0.2) is 0 Å². The van der Waals surface area contributed by atoms with Crippen molar-refractivity contribution in [2.45, 2.75) is 19.9 Å². The van der Waals surface area contributed by atoms with Crippen LogP contribution in [0, 0.1) is 11.6 Å². The Balaban J connectivity index is 1.99. The second-order valence-electron chi connectivity index (χ2n) is 4.26. The number of nitrogens with one attached hydrogen (secondary N) is 1. The Hall–Kier alpha value is -2.08. The molecule has 20 heavy (non-hydrogen) atoms. The summed E-state index contributed by atoms with van der Waals surface area (Å²) < 4.78 is 31.2. The molecular formula is C14H15F2N3O. The largest absolute Gasteiger partial charge is 0.424 e. The molecule has 0 aliphatic rings. The van der Waals surface area contributed by atoms with E-state index in [-0.39, 0.29) is 11.8 Å². The molecule has 0 saturated heterocycles. The Morgan fingerprint density at radius 3 is 2.35 bits per heavy atom. The number of hydrogen-bond acceptors (Lipinski definition) is 4. The van der Waals surface area contributed by atoms with Gasteiger partial charge >= 0.3 is 6.01 Å². The molecule has 0 saturated carbocycles. The second kappa shape index (κ2) is 6.91. The molecule has 2 aromatic rings. The Kier molecular flexibility index (Phi) is 4.95. The Morgan fingerprint density at radius 1 is 1.10 bits per heavy atom. The van der Waals surface area contributed by atoms with Crippen LogP contribution in [0.25, 0.3) is 0 Å². The fourth-order valence-electron chi connectivity index (χ4n) is 1.59. The van der Waals surface area contributed by atoms with Crippen LogP contribution in [0.2, 0.25) is 0 Å². The highest BCUT2D eigenvalue weighted by molar-refractivity contribution is 5.26. The Morgan fingerprint density at radius 2 is 1.75 bits per heavy atom. The van der Waals surface area contributed by atoms with Gasteiger partial charge in [-0.15, -0.1) is 0 Å². The molecule has 0 unspecified atom stereocenters. The third-order valence-electron chi connectivity index (χ3n) is 2.48. The van der Waals surface area contributed by atoms with E-state index in [2.05, 4.69) is 22.2 Å². The standard InChI is InChI=1S/C14H15F2N3O/c1-2-3-17-7-10-8-18-14(19-9-10)20-13-5-11(15)4-12(16)6-13/h4-6,8-9,17H,2-3,7H2,1H3. The summed E-state index contributed by atoms with van der Waals surface area (Å²) in [6.45, 7) is 3.67. The van der Waals surface area contributed by atoms with E-state index in [0.717, 1.165) is 36.7 Å². The van der Waals surface area contributed by atoms with Crippen LogP contribution < -0.4 is 10.1 Å². The maximum atomic E-state index is 13.0. The van der Waals surface area contributed by atoms with Crippen LogP contribution in [0.1, 0.15) is 18.9 Å². The summed E-state index contributed by atoms with van der Waals surface area (Å²) in [7, 11) is 0. The topological polar surface area (TPSA) is 47.0 Å². The lowest BCUT2D eigenvalue weighted by atomic mass is 10.3. The van der Waals surface area contributed by atoms with Crippen LogP contribution in [0.3, 0.4) is 0 Å². The molecule has 0 aliphatic heterocycles. The molecule has 1 aromatic heterocycles. The number of aromatic nitrogens is 2. The molecule has 0 atom stereocenters. The summed E-state index contributed by atoms with van der Waals surface area (Å²) >= 11 is 0. The maximum Gasteiger partial charge on any atom is 0.321 e. The minimum atomic E-state index is -0.708. The van der Waals surface area contributed by atoms with E-state index in [1.54, 1.807) is 12.4 Å². The van der Waals surface area contributed by atoms with Crippen LogP contribution in [-0.2, 0) is 6.54 Å². The van der Waals surface area contributed by atoms with Gasteiger partial charge in [0.05, 0.1) is 0 Å². The van der Waals surface area contributed by atoms with Gasteiger partial charge in [-0.05, 0) is 13.0 Å². The minimum Gasteiger partial charge on any atom is -0.424 e. The molecule has 106 valence electrons. The first-order valence-corrected chi connectivity index (χ1v) is 6.33. The first-order valence-electron chi connectivity index (χ1n) is 6.33. The highest BCUT2D eigenvalue weighted by Crippen LogP contribution is 2.20. The maximum absolute atomic E-state index is 13.0. The highest BCUT2D eigenvalue weighted by atomic mass is 19.1. The third kappa shape index (κ3) is 4.24. The van der Waals surface area contributed by atoms with E-state index in [0.29, 0.717) is 6.54 Å². The average Bonchev–Trinajstić information content (AvgIpc) is 2.40. The van der Waals surface area contributed by atoms with Crippen LogP contribution in [-0.4, -0.2) is 16.5 Å². The molecule has 4 nitrogen and oxygen atoms in total. The summed E-state index contributed by atoms with van der Waals surface area (Å²) in [6, 6.07) is 2.97. The third-order valence-corrected chi connectivity index (χ3v) is 2.48. The number of hydrogen-bond donors (Lipinski definition) is 1. The lowest BCUT2D eigenvalue weighted by Gasteiger charge is -2.05. The fourth-order valence-corrected chi connectivity index (χ4v) is 1.59. The quantitative estimate of drug-likeness (QED) is 0.826. The van der Waals surface area contributed by atoms with Crippen LogP contribution >= 0.6 is 0 Å². The van der Waals surface area contributed by atoms with E-state index in [1.165, 1.54) is 0 Å². The van der Waals surface area contributed by atoms with Crippen molar-refractivity contribution in [2.75, 3.05) is 6.54 Å². The van der Waals surface area contributed by atoms with Crippen molar-refractivity contribution in [3.63, 3.8) is 0 Å². The predicted octanol–water partition coefficient (Wildman–Crippen LogP) is 3.05. The SMILES string of the molecule is CCCNCc1cnc(Oc2cc(F)cc(F)c2)nc1. The molecule has 0 aliphatic carbocycles. The fraction of sp³-hybridized carbons (Fsp3) is 0.286. The number of halogens is 2. The summed E-state index contributed by atoms with van der Waals surface area (Å²) in [4.78, 5) is 7.99. The number of benzene rings is 1. The van der Waals surface area contributed by atoms with E-state index in [1.807, 2.05) is 0 Å². The van der Waals surface area contributed by atoms with E-state index in [9.17, 15) is 8.78 Å². The number of rotatable bonds is 6. The number of ether oxygens (including phenoxy) is 1. The first kappa shape index (κ1) is 14.3. The van der Waals surface area contributed by atoms with Crippen molar-refractivity contribution in [1.82, 2.24) is 15.3 Å². The van der Waals surface area contributed by atoms with Crippen molar-refractivity contribution < 1.29 is 13.5 Å². The van der Waals surface area contributed by atoms with Crippen LogP contribution in [0.4, 0.5) is 8.78 Å². The van der Waals surface area contributed by atoms with Crippen molar-refractivity contribution in [1.29, 1.82) is 0 Å². The molecule has 0 bridgehead atoms. The van der Waals surface area contributed by atoms with E-state index in [4.69, 9.17) is 4.74 Å². The lowest BCUT2D eigenvalue weighted by molar-refractivity contribution is 0.431. The van der Waals surface area contributed by atoms with E-state index < -0.39 is 11.6 Å². The van der Waals surface area contributed by atoms with Gasteiger partial charge < -0.3 is 10.1 Å². The monoisotopic (exact) mass is 279 g/mol. The van der Waals surface area contributed by atoms with Crippen LogP contribution in [0.15, 0.2) is 30.6 Å². The van der Waals surface area contributed by atoms with Gasteiger partial charge in [-0.25, -0.2) is 18.7 Å². The van der Waals surface area contributed by atoms with Crippen LogP contribution in [0.5, 0.6) is 11.8 Å². The summed E-state index contributed by atoms with van der Waals surface area (Å²) in [5.74, 6) is -1.39. The van der Waals surface area contributed by atoms with Gasteiger partial charge in [0.25, 0.3) is 0 Å². The zero-order valence-corrected chi connectivity index (χ0v) is 11.1.